The van der Waals surface area contributed by atoms with E-state index in [4.69, 9.17) is 9.72 Å². The molecule has 0 aliphatic rings. The van der Waals surface area contributed by atoms with Crippen LogP contribution in [0.25, 0.3) is 16.7 Å². The Balaban J connectivity index is 1.70. The third-order valence-electron chi connectivity index (χ3n) is 5.40. The lowest BCUT2D eigenvalue weighted by Crippen LogP contribution is -2.28. The molecule has 4 rings (SSSR count). The molecule has 0 atom stereocenters. The van der Waals surface area contributed by atoms with E-state index in [0.717, 1.165) is 17.5 Å². The molecular weight excluding hydrogens is 392 g/mol. The molecule has 0 saturated heterocycles. The molecule has 0 aliphatic heterocycles. The zero-order valence-corrected chi connectivity index (χ0v) is 17.8. The van der Waals surface area contributed by atoms with E-state index in [1.165, 1.54) is 4.40 Å². The lowest BCUT2D eigenvalue weighted by molar-refractivity contribution is 0.0944. The second-order valence-electron chi connectivity index (χ2n) is 7.56. The predicted molar refractivity (Wildman–Crippen MR) is 121 cm³/mol. The van der Waals surface area contributed by atoms with Crippen LogP contribution in [0.4, 0.5) is 0 Å². The lowest BCUT2D eigenvalue weighted by atomic mass is 10.1. The van der Waals surface area contributed by atoms with Crippen LogP contribution in [-0.4, -0.2) is 40.1 Å². The van der Waals surface area contributed by atoms with Crippen LogP contribution in [0, 0.1) is 6.92 Å². The van der Waals surface area contributed by atoms with Crippen LogP contribution >= 0.6 is 0 Å². The van der Waals surface area contributed by atoms with Crippen molar-refractivity contribution in [3.63, 3.8) is 0 Å². The fourth-order valence-corrected chi connectivity index (χ4v) is 3.80. The summed E-state index contributed by atoms with van der Waals surface area (Å²) in [4.78, 5) is 30.9. The Morgan fingerprint density at radius 2 is 1.94 bits per heavy atom. The number of aromatic nitrogens is 3. The normalized spacial score (nSPS) is 11.3. The third-order valence-corrected chi connectivity index (χ3v) is 5.40. The molecule has 4 aromatic rings. The number of fused-ring (bicyclic) bond motifs is 2. The van der Waals surface area contributed by atoms with Gasteiger partial charge in [0.1, 0.15) is 17.0 Å². The van der Waals surface area contributed by atoms with Crippen LogP contribution in [0.1, 0.15) is 28.0 Å². The summed E-state index contributed by atoms with van der Waals surface area (Å²) in [6.45, 7) is 3.52. The summed E-state index contributed by atoms with van der Waals surface area (Å²) >= 11 is 0. The van der Waals surface area contributed by atoms with Gasteiger partial charge in [0, 0.05) is 33.0 Å². The first kappa shape index (κ1) is 20.8. The van der Waals surface area contributed by atoms with Gasteiger partial charge < -0.3 is 14.6 Å². The summed E-state index contributed by atoms with van der Waals surface area (Å²) in [5, 5.41) is 3.42. The number of methoxy groups -OCH3 is 1. The topological polar surface area (TPSA) is 77.6 Å². The number of nitrogens with zero attached hydrogens (tertiary/aromatic N) is 3. The van der Waals surface area contributed by atoms with Gasteiger partial charge in [-0.25, -0.2) is 4.98 Å². The van der Waals surface area contributed by atoms with Gasteiger partial charge >= 0.3 is 0 Å². The number of ether oxygens (including phenoxy) is 1. The van der Waals surface area contributed by atoms with Crippen molar-refractivity contribution in [2.75, 3.05) is 20.3 Å². The molecule has 0 bridgehead atoms. The maximum atomic E-state index is 13.1. The van der Waals surface area contributed by atoms with Crippen molar-refractivity contribution < 1.29 is 9.53 Å². The van der Waals surface area contributed by atoms with E-state index in [1.54, 1.807) is 19.4 Å². The molecule has 0 radical (unpaired) electrons. The van der Waals surface area contributed by atoms with E-state index in [0.29, 0.717) is 48.5 Å². The summed E-state index contributed by atoms with van der Waals surface area (Å²) in [6.07, 6.45) is 3.15. The Bertz CT molecular complexity index is 1270. The smallest absolute Gasteiger partial charge is 0.268 e. The van der Waals surface area contributed by atoms with Crippen LogP contribution in [0.2, 0.25) is 0 Å². The van der Waals surface area contributed by atoms with E-state index in [9.17, 15) is 9.59 Å². The molecule has 1 amide bonds. The molecule has 3 heterocycles. The highest BCUT2D eigenvalue weighted by molar-refractivity contribution is 5.98. The molecule has 31 heavy (non-hydrogen) atoms. The van der Waals surface area contributed by atoms with E-state index >= 15 is 0 Å². The molecule has 0 saturated carbocycles. The summed E-state index contributed by atoms with van der Waals surface area (Å²) in [6, 6.07) is 15.4. The van der Waals surface area contributed by atoms with Crippen molar-refractivity contribution in [3.8, 4) is 0 Å². The highest BCUT2D eigenvalue weighted by Crippen LogP contribution is 2.18. The first-order valence-electron chi connectivity index (χ1n) is 10.4. The summed E-state index contributed by atoms with van der Waals surface area (Å²) in [5.74, 6) is -0.212. The second-order valence-corrected chi connectivity index (χ2v) is 7.56. The van der Waals surface area contributed by atoms with Crippen molar-refractivity contribution in [2.45, 2.75) is 26.3 Å². The van der Waals surface area contributed by atoms with E-state index in [-0.39, 0.29) is 11.5 Å². The highest BCUT2D eigenvalue weighted by atomic mass is 16.5. The van der Waals surface area contributed by atoms with Crippen molar-refractivity contribution >= 4 is 22.6 Å². The standard InChI is InChI=1S/C24H26N4O3/c1-17-8-6-13-28-21(17)26-22-19(24(28)30)16-20(27(22)14-7-15-31-2)23(29)25-12-11-18-9-4-3-5-10-18/h3-6,8-10,13,16H,7,11-12,14-15H2,1-2H3,(H,25,29). The molecule has 7 heteroatoms. The zero-order chi connectivity index (χ0) is 21.8. The van der Waals surface area contributed by atoms with Gasteiger partial charge in [-0.2, -0.15) is 0 Å². The van der Waals surface area contributed by atoms with Gasteiger partial charge in [0.2, 0.25) is 0 Å². The number of rotatable bonds is 8. The quantitative estimate of drug-likeness (QED) is 0.446. The number of hydrogen-bond acceptors (Lipinski definition) is 4. The average Bonchev–Trinajstić information content (AvgIpc) is 3.15. The molecule has 3 aromatic heterocycles. The van der Waals surface area contributed by atoms with E-state index in [1.807, 2.05) is 54.0 Å². The number of carbonyl (C=O) groups excluding carboxylic acids is 1. The van der Waals surface area contributed by atoms with Crippen molar-refractivity contribution in [1.82, 2.24) is 19.3 Å². The monoisotopic (exact) mass is 418 g/mol. The molecule has 1 aromatic carbocycles. The van der Waals surface area contributed by atoms with Crippen LogP contribution in [0.5, 0.6) is 0 Å². The van der Waals surface area contributed by atoms with E-state index < -0.39 is 0 Å². The molecule has 0 unspecified atom stereocenters. The fourth-order valence-electron chi connectivity index (χ4n) is 3.80. The number of hydrogen-bond donors (Lipinski definition) is 1. The van der Waals surface area contributed by atoms with Crippen molar-refractivity contribution in [3.05, 3.63) is 81.9 Å². The maximum Gasteiger partial charge on any atom is 0.268 e. The lowest BCUT2D eigenvalue weighted by Gasteiger charge is -2.11. The van der Waals surface area contributed by atoms with Gasteiger partial charge in [-0.15, -0.1) is 0 Å². The number of carbonyl (C=O) groups is 1. The zero-order valence-electron chi connectivity index (χ0n) is 17.8. The van der Waals surface area contributed by atoms with Crippen molar-refractivity contribution in [2.24, 2.45) is 0 Å². The number of nitrogens with one attached hydrogen (secondary N) is 1. The predicted octanol–water partition coefficient (Wildman–Crippen LogP) is 2.97. The molecule has 0 fully saturated rings. The molecule has 0 aliphatic carbocycles. The Hall–Kier alpha value is -3.45. The van der Waals surface area contributed by atoms with Crippen molar-refractivity contribution in [1.29, 1.82) is 0 Å². The average molecular weight is 418 g/mol. The SMILES string of the molecule is COCCCn1c(C(=O)NCCc2ccccc2)cc2c(=O)n3cccc(C)c3nc21. The highest BCUT2D eigenvalue weighted by Gasteiger charge is 2.20. The van der Waals surface area contributed by atoms with Gasteiger partial charge in [0.05, 0.1) is 5.39 Å². The van der Waals surface area contributed by atoms with Crippen LogP contribution < -0.4 is 10.9 Å². The maximum absolute atomic E-state index is 13.1. The first-order chi connectivity index (χ1) is 15.1. The Morgan fingerprint density at radius 3 is 2.71 bits per heavy atom. The Morgan fingerprint density at radius 1 is 1.13 bits per heavy atom. The van der Waals surface area contributed by atoms with Gasteiger partial charge in [0.25, 0.3) is 11.5 Å². The number of amides is 1. The summed E-state index contributed by atoms with van der Waals surface area (Å²) in [7, 11) is 1.65. The van der Waals surface area contributed by atoms with Crippen LogP contribution in [0.15, 0.2) is 59.5 Å². The fraction of sp³-hybridized carbons (Fsp3) is 0.292. The minimum Gasteiger partial charge on any atom is -0.385 e. The molecule has 7 nitrogen and oxygen atoms in total. The minimum atomic E-state index is -0.212. The molecule has 1 N–H and O–H groups in total. The van der Waals surface area contributed by atoms with Gasteiger partial charge in [-0.1, -0.05) is 36.4 Å². The number of benzene rings is 1. The molecular formula is C24H26N4O3. The second kappa shape index (κ2) is 9.14. The third kappa shape index (κ3) is 4.22. The Labute approximate surface area is 180 Å². The van der Waals surface area contributed by atoms with E-state index in [2.05, 4.69) is 5.32 Å². The summed E-state index contributed by atoms with van der Waals surface area (Å²) in [5.41, 5.74) is 3.46. The summed E-state index contributed by atoms with van der Waals surface area (Å²) < 4.78 is 8.55. The molecule has 0 spiro atoms. The first-order valence-corrected chi connectivity index (χ1v) is 10.4. The number of aryl methyl sites for hydroxylation is 2. The Kier molecular flexibility index (Phi) is 6.13. The number of pyridine rings is 1. The minimum absolute atomic E-state index is 0.174. The van der Waals surface area contributed by atoms with Gasteiger partial charge in [0.15, 0.2) is 0 Å². The molecule has 160 valence electrons. The largest absolute Gasteiger partial charge is 0.385 e. The van der Waals surface area contributed by atoms with Gasteiger partial charge in [-0.3, -0.25) is 14.0 Å². The van der Waals surface area contributed by atoms with Gasteiger partial charge in [-0.05, 0) is 43.0 Å². The van der Waals surface area contributed by atoms with Crippen LogP contribution in [0.3, 0.4) is 0 Å². The van der Waals surface area contributed by atoms with Crippen LogP contribution in [-0.2, 0) is 17.7 Å².